The molecule has 0 unspecified atom stereocenters. The average Bonchev–Trinajstić information content (AvgIpc) is 2.43. The number of aromatic hydroxyl groups is 1. The van der Waals surface area contributed by atoms with E-state index in [0.717, 1.165) is 16.5 Å². The Balaban J connectivity index is 2.06. The number of aryl methyl sites for hydroxylation is 2. The first kappa shape index (κ1) is 12.4. The van der Waals surface area contributed by atoms with Gasteiger partial charge in [-0.05, 0) is 36.8 Å². The fourth-order valence-electron chi connectivity index (χ4n) is 2.01. The van der Waals surface area contributed by atoms with E-state index >= 15 is 0 Å². The van der Waals surface area contributed by atoms with Gasteiger partial charge in [0.25, 0.3) is 0 Å². The Morgan fingerprint density at radius 3 is 2.50 bits per heavy atom. The molecule has 0 radical (unpaired) electrons. The van der Waals surface area contributed by atoms with Gasteiger partial charge < -0.3 is 9.84 Å². The van der Waals surface area contributed by atoms with Crippen LogP contribution in [0.5, 0.6) is 17.4 Å². The van der Waals surface area contributed by atoms with Crippen molar-refractivity contribution in [3.05, 3.63) is 54.0 Å². The fraction of sp³-hybridized carbons (Fsp3) is 0.125. The highest BCUT2D eigenvalue weighted by molar-refractivity contribution is 5.86. The summed E-state index contributed by atoms with van der Waals surface area (Å²) >= 11 is 0. The van der Waals surface area contributed by atoms with Crippen LogP contribution in [0.4, 0.5) is 0 Å². The van der Waals surface area contributed by atoms with Gasteiger partial charge in [0.15, 0.2) is 11.5 Å². The van der Waals surface area contributed by atoms with Crippen molar-refractivity contribution in [2.24, 2.45) is 0 Å². The van der Waals surface area contributed by atoms with Crippen LogP contribution in [0.25, 0.3) is 10.8 Å². The lowest BCUT2D eigenvalue weighted by Crippen LogP contribution is -1.96. The van der Waals surface area contributed by atoms with E-state index in [2.05, 4.69) is 9.97 Å². The second-order valence-corrected chi connectivity index (χ2v) is 4.67. The Hall–Kier alpha value is -2.62. The molecule has 2 aromatic carbocycles. The molecule has 1 heterocycles. The number of phenols is 1. The molecule has 0 bridgehead atoms. The monoisotopic (exact) mass is 266 g/mol. The third-order valence-corrected chi connectivity index (χ3v) is 3.07. The number of hydrogen-bond donors (Lipinski definition) is 1. The van der Waals surface area contributed by atoms with Gasteiger partial charge in [-0.2, -0.15) is 0 Å². The summed E-state index contributed by atoms with van der Waals surface area (Å²) in [7, 11) is 0. The molecule has 0 atom stereocenters. The van der Waals surface area contributed by atoms with Gasteiger partial charge in [-0.25, -0.2) is 4.98 Å². The molecule has 0 amide bonds. The molecule has 100 valence electrons. The molecule has 4 nitrogen and oxygen atoms in total. The highest BCUT2D eigenvalue weighted by Crippen LogP contribution is 2.34. The molecule has 0 saturated carbocycles. The van der Waals surface area contributed by atoms with Crippen LogP contribution in [0.1, 0.15) is 11.4 Å². The molecule has 4 heteroatoms. The van der Waals surface area contributed by atoms with Gasteiger partial charge in [-0.15, -0.1) is 0 Å². The first-order valence-electron chi connectivity index (χ1n) is 6.33. The first-order chi connectivity index (χ1) is 9.63. The fourth-order valence-corrected chi connectivity index (χ4v) is 2.01. The number of ether oxygens (including phenoxy) is 1. The second-order valence-electron chi connectivity index (χ2n) is 4.67. The SMILES string of the molecule is Cc1cnc(C)c(Oc2cc3ccccc3cc2O)n1. The lowest BCUT2D eigenvalue weighted by atomic mass is 10.1. The lowest BCUT2D eigenvalue weighted by molar-refractivity contribution is 0.399. The molecule has 3 rings (SSSR count). The van der Waals surface area contributed by atoms with Gasteiger partial charge >= 0.3 is 0 Å². The predicted molar refractivity (Wildman–Crippen MR) is 77.2 cm³/mol. The van der Waals surface area contributed by atoms with Crippen LogP contribution in [-0.4, -0.2) is 15.1 Å². The van der Waals surface area contributed by atoms with Gasteiger partial charge in [0.05, 0.1) is 11.4 Å². The number of hydrogen-bond acceptors (Lipinski definition) is 4. The van der Waals surface area contributed by atoms with Crippen LogP contribution in [0, 0.1) is 13.8 Å². The lowest BCUT2D eigenvalue weighted by Gasteiger charge is -2.10. The van der Waals surface area contributed by atoms with E-state index < -0.39 is 0 Å². The zero-order chi connectivity index (χ0) is 14.1. The van der Waals surface area contributed by atoms with E-state index in [-0.39, 0.29) is 5.75 Å². The first-order valence-corrected chi connectivity index (χ1v) is 6.33. The van der Waals surface area contributed by atoms with E-state index in [1.807, 2.05) is 38.1 Å². The van der Waals surface area contributed by atoms with Gasteiger partial charge in [0, 0.05) is 6.20 Å². The predicted octanol–water partition coefficient (Wildman–Crippen LogP) is 3.74. The van der Waals surface area contributed by atoms with E-state index in [1.54, 1.807) is 18.3 Å². The van der Waals surface area contributed by atoms with Gasteiger partial charge in [-0.3, -0.25) is 4.98 Å². The molecule has 0 fully saturated rings. The van der Waals surface area contributed by atoms with Crippen molar-refractivity contribution in [1.82, 2.24) is 9.97 Å². The molecule has 1 aromatic heterocycles. The van der Waals surface area contributed by atoms with Crippen molar-refractivity contribution < 1.29 is 9.84 Å². The highest BCUT2D eigenvalue weighted by atomic mass is 16.5. The van der Waals surface area contributed by atoms with Crippen molar-refractivity contribution in [1.29, 1.82) is 0 Å². The Morgan fingerprint density at radius 1 is 1.05 bits per heavy atom. The minimum Gasteiger partial charge on any atom is -0.504 e. The summed E-state index contributed by atoms with van der Waals surface area (Å²) in [5, 5.41) is 12.0. The van der Waals surface area contributed by atoms with Crippen LogP contribution in [-0.2, 0) is 0 Å². The standard InChI is InChI=1S/C16H14N2O2/c1-10-9-17-11(2)16(18-10)20-15-8-13-6-4-3-5-12(13)7-14(15)19/h3-9,19H,1-2H3. The topological polar surface area (TPSA) is 55.2 Å². The zero-order valence-corrected chi connectivity index (χ0v) is 11.3. The summed E-state index contributed by atoms with van der Waals surface area (Å²) in [6.07, 6.45) is 1.68. The molecule has 0 aliphatic heterocycles. The largest absolute Gasteiger partial charge is 0.504 e. The molecule has 1 N–H and O–H groups in total. The number of rotatable bonds is 2. The van der Waals surface area contributed by atoms with Crippen LogP contribution < -0.4 is 4.74 Å². The van der Waals surface area contributed by atoms with Gasteiger partial charge in [0.1, 0.15) is 0 Å². The number of phenolic OH excluding ortho intramolecular Hbond substituents is 1. The Morgan fingerprint density at radius 2 is 1.75 bits per heavy atom. The normalized spacial score (nSPS) is 10.7. The number of fused-ring (bicyclic) bond motifs is 1. The Kier molecular flexibility index (Phi) is 2.99. The number of benzene rings is 2. The molecule has 0 aliphatic rings. The quantitative estimate of drug-likeness (QED) is 0.767. The summed E-state index contributed by atoms with van der Waals surface area (Å²) in [5.74, 6) is 0.883. The molecular weight excluding hydrogens is 252 g/mol. The third-order valence-electron chi connectivity index (χ3n) is 3.07. The highest BCUT2D eigenvalue weighted by Gasteiger charge is 2.10. The minimum atomic E-state index is 0.0893. The van der Waals surface area contributed by atoms with E-state index in [1.165, 1.54) is 0 Å². The number of nitrogens with zero attached hydrogens (tertiary/aromatic N) is 2. The van der Waals surface area contributed by atoms with E-state index in [9.17, 15) is 5.11 Å². The smallest absolute Gasteiger partial charge is 0.241 e. The van der Waals surface area contributed by atoms with Crippen molar-refractivity contribution in [3.63, 3.8) is 0 Å². The minimum absolute atomic E-state index is 0.0893. The summed E-state index contributed by atoms with van der Waals surface area (Å²) < 4.78 is 5.71. The number of aromatic nitrogens is 2. The molecule has 0 spiro atoms. The van der Waals surface area contributed by atoms with Crippen LogP contribution >= 0.6 is 0 Å². The van der Waals surface area contributed by atoms with E-state index in [0.29, 0.717) is 17.3 Å². The zero-order valence-electron chi connectivity index (χ0n) is 11.3. The molecule has 20 heavy (non-hydrogen) atoms. The Labute approximate surface area is 116 Å². The summed E-state index contributed by atoms with van der Waals surface area (Å²) in [6.45, 7) is 3.67. The molecule has 0 saturated heterocycles. The average molecular weight is 266 g/mol. The van der Waals surface area contributed by atoms with Crippen molar-refractivity contribution in [2.75, 3.05) is 0 Å². The maximum absolute atomic E-state index is 10.1. The van der Waals surface area contributed by atoms with Crippen LogP contribution in [0.2, 0.25) is 0 Å². The second kappa shape index (κ2) is 4.81. The molecule has 3 aromatic rings. The van der Waals surface area contributed by atoms with Crippen molar-refractivity contribution in [2.45, 2.75) is 13.8 Å². The van der Waals surface area contributed by atoms with Gasteiger partial charge in [-0.1, -0.05) is 24.3 Å². The van der Waals surface area contributed by atoms with Crippen molar-refractivity contribution in [3.8, 4) is 17.4 Å². The van der Waals surface area contributed by atoms with Crippen molar-refractivity contribution >= 4 is 10.8 Å². The van der Waals surface area contributed by atoms with Crippen LogP contribution in [0.15, 0.2) is 42.6 Å². The summed E-state index contributed by atoms with van der Waals surface area (Å²) in [5.41, 5.74) is 1.45. The summed E-state index contributed by atoms with van der Waals surface area (Å²) in [4.78, 5) is 8.49. The maximum Gasteiger partial charge on any atom is 0.241 e. The Bertz CT molecular complexity index is 785. The molecular formula is C16H14N2O2. The van der Waals surface area contributed by atoms with Gasteiger partial charge in [0.2, 0.25) is 5.88 Å². The molecule has 0 aliphatic carbocycles. The summed E-state index contributed by atoms with van der Waals surface area (Å²) in [6, 6.07) is 11.3. The van der Waals surface area contributed by atoms with E-state index in [4.69, 9.17) is 4.74 Å². The maximum atomic E-state index is 10.1. The third kappa shape index (κ3) is 2.28. The van der Waals surface area contributed by atoms with Crippen LogP contribution in [0.3, 0.4) is 0 Å².